The van der Waals surface area contributed by atoms with E-state index in [-0.39, 0.29) is 17.7 Å². The van der Waals surface area contributed by atoms with Gasteiger partial charge in [-0.05, 0) is 38.8 Å². The minimum atomic E-state index is -0.928. The summed E-state index contributed by atoms with van der Waals surface area (Å²) in [7, 11) is 0. The van der Waals surface area contributed by atoms with Gasteiger partial charge in [0.25, 0.3) is 5.91 Å². The molecule has 146 valence electrons. The summed E-state index contributed by atoms with van der Waals surface area (Å²) in [6, 6.07) is 7.14. The highest BCUT2D eigenvalue weighted by atomic mass is 16.5. The zero-order valence-corrected chi connectivity index (χ0v) is 15.7. The lowest BCUT2D eigenvalue weighted by atomic mass is 9.97. The van der Waals surface area contributed by atoms with E-state index in [1.165, 1.54) is 13.1 Å². The molecule has 0 radical (unpaired) electrons. The number of nitrogens with zero attached hydrogens (tertiary/aromatic N) is 4. The number of carbonyl (C=O) groups excluding carboxylic acids is 2. The molecule has 3 rings (SSSR count). The number of aryl methyl sites for hydroxylation is 1. The summed E-state index contributed by atoms with van der Waals surface area (Å²) in [6.45, 7) is 4.54. The summed E-state index contributed by atoms with van der Waals surface area (Å²) in [5.41, 5.74) is 0.509. The first kappa shape index (κ1) is 19.4. The van der Waals surface area contributed by atoms with Crippen molar-refractivity contribution in [1.82, 2.24) is 10.1 Å². The first-order valence-electron chi connectivity index (χ1n) is 9.02. The fourth-order valence-corrected chi connectivity index (χ4v) is 2.96. The van der Waals surface area contributed by atoms with Crippen LogP contribution in [0, 0.1) is 24.2 Å². The van der Waals surface area contributed by atoms with Crippen molar-refractivity contribution in [3.63, 3.8) is 0 Å². The van der Waals surface area contributed by atoms with Crippen molar-refractivity contribution < 1.29 is 18.8 Å². The van der Waals surface area contributed by atoms with Crippen molar-refractivity contribution >= 4 is 23.5 Å². The molecule has 1 fully saturated rings. The lowest BCUT2D eigenvalue weighted by molar-refractivity contribution is -0.158. The quantitative estimate of drug-likeness (QED) is 0.779. The first-order valence-corrected chi connectivity index (χ1v) is 9.02. The van der Waals surface area contributed by atoms with Crippen LogP contribution in [0.2, 0.25) is 0 Å². The van der Waals surface area contributed by atoms with Gasteiger partial charge in [0.2, 0.25) is 0 Å². The number of pyridine rings is 1. The van der Waals surface area contributed by atoms with Crippen LogP contribution in [0.5, 0.6) is 0 Å². The second-order valence-electron chi connectivity index (χ2n) is 6.67. The van der Waals surface area contributed by atoms with Crippen LogP contribution in [0.1, 0.15) is 31.1 Å². The third-order valence-electron chi connectivity index (χ3n) is 4.57. The predicted octanol–water partition coefficient (Wildman–Crippen LogP) is 2.04. The van der Waals surface area contributed by atoms with Gasteiger partial charge in [-0.25, -0.2) is 4.98 Å². The Morgan fingerprint density at radius 1 is 1.39 bits per heavy atom. The lowest BCUT2D eigenvalue weighted by Gasteiger charge is -2.32. The van der Waals surface area contributed by atoms with Crippen LogP contribution in [0.3, 0.4) is 0 Å². The largest absolute Gasteiger partial charge is 0.452 e. The highest BCUT2D eigenvalue weighted by molar-refractivity contribution is 5.94. The topological polar surface area (TPSA) is 121 Å². The van der Waals surface area contributed by atoms with E-state index in [0.29, 0.717) is 37.3 Å². The number of amides is 1. The molecule has 1 aliphatic rings. The number of esters is 1. The van der Waals surface area contributed by atoms with E-state index in [4.69, 9.17) is 14.5 Å². The van der Waals surface area contributed by atoms with Gasteiger partial charge in [-0.3, -0.25) is 9.59 Å². The van der Waals surface area contributed by atoms with Crippen LogP contribution >= 0.6 is 0 Å². The lowest BCUT2D eigenvalue weighted by Crippen LogP contribution is -2.39. The zero-order chi connectivity index (χ0) is 20.1. The minimum Gasteiger partial charge on any atom is -0.452 e. The zero-order valence-electron chi connectivity index (χ0n) is 15.7. The third kappa shape index (κ3) is 4.65. The maximum Gasteiger partial charge on any atom is 0.309 e. The molecule has 28 heavy (non-hydrogen) atoms. The van der Waals surface area contributed by atoms with E-state index in [1.807, 2.05) is 6.07 Å². The molecule has 1 aliphatic heterocycles. The Balaban J connectivity index is 1.47. The molecule has 0 spiro atoms. The molecule has 2 aromatic rings. The predicted molar refractivity (Wildman–Crippen MR) is 99.3 cm³/mol. The molecular formula is C19H21N5O4. The number of aromatic nitrogens is 2. The van der Waals surface area contributed by atoms with Gasteiger partial charge in [0.15, 0.2) is 11.9 Å². The van der Waals surface area contributed by atoms with Gasteiger partial charge in [-0.15, -0.1) is 0 Å². The highest BCUT2D eigenvalue weighted by Crippen LogP contribution is 2.23. The number of nitriles is 1. The number of hydrogen-bond acceptors (Lipinski definition) is 8. The summed E-state index contributed by atoms with van der Waals surface area (Å²) in [6.07, 6.45) is 1.82. The van der Waals surface area contributed by atoms with E-state index in [9.17, 15) is 9.59 Å². The molecule has 0 aromatic carbocycles. The third-order valence-corrected chi connectivity index (χ3v) is 4.57. The van der Waals surface area contributed by atoms with E-state index in [0.717, 1.165) is 5.82 Å². The average molecular weight is 383 g/mol. The summed E-state index contributed by atoms with van der Waals surface area (Å²) < 4.78 is 10.2. The summed E-state index contributed by atoms with van der Waals surface area (Å²) in [4.78, 5) is 30.9. The Bertz CT molecular complexity index is 878. The molecule has 9 nitrogen and oxygen atoms in total. The van der Waals surface area contributed by atoms with Crippen molar-refractivity contribution in [2.45, 2.75) is 32.8 Å². The van der Waals surface area contributed by atoms with Gasteiger partial charge >= 0.3 is 5.97 Å². The molecule has 0 bridgehead atoms. The standard InChI is InChI=1S/C19H21N5O4/c1-12-9-16(23-28-12)22-18(25)13(2)27-19(26)15-5-7-24(8-6-15)17-4-3-14(10-20)11-21-17/h3-4,9,11,13,15H,5-8H2,1-2H3,(H,22,23,25). The van der Waals surface area contributed by atoms with Crippen LogP contribution in [0.25, 0.3) is 0 Å². The number of rotatable bonds is 5. The van der Waals surface area contributed by atoms with Crippen molar-refractivity contribution in [3.8, 4) is 6.07 Å². The number of anilines is 2. The fraction of sp³-hybridized carbons (Fsp3) is 0.421. The molecule has 1 saturated heterocycles. The number of ether oxygens (including phenoxy) is 1. The summed E-state index contributed by atoms with van der Waals surface area (Å²) in [5.74, 6) is 0.532. The van der Waals surface area contributed by atoms with E-state index < -0.39 is 12.0 Å². The van der Waals surface area contributed by atoms with Crippen molar-refractivity contribution in [2.24, 2.45) is 5.92 Å². The normalized spacial score (nSPS) is 15.5. The molecular weight excluding hydrogens is 362 g/mol. The molecule has 0 aliphatic carbocycles. The first-order chi connectivity index (χ1) is 13.5. The van der Waals surface area contributed by atoms with Crippen LogP contribution < -0.4 is 10.2 Å². The number of hydrogen-bond donors (Lipinski definition) is 1. The Hall–Kier alpha value is -3.41. The molecule has 3 heterocycles. The molecule has 1 atom stereocenters. The van der Waals surface area contributed by atoms with E-state index >= 15 is 0 Å². The second-order valence-corrected chi connectivity index (χ2v) is 6.67. The average Bonchev–Trinajstić information content (AvgIpc) is 3.12. The highest BCUT2D eigenvalue weighted by Gasteiger charge is 2.29. The maximum atomic E-state index is 12.4. The molecule has 0 saturated carbocycles. The van der Waals surface area contributed by atoms with Gasteiger partial charge in [-0.1, -0.05) is 5.16 Å². The van der Waals surface area contributed by atoms with Crippen molar-refractivity contribution in [2.75, 3.05) is 23.3 Å². The Kier molecular flexibility index (Phi) is 5.89. The van der Waals surface area contributed by atoms with Crippen molar-refractivity contribution in [3.05, 3.63) is 35.7 Å². The van der Waals surface area contributed by atoms with Crippen molar-refractivity contribution in [1.29, 1.82) is 5.26 Å². The number of piperidine rings is 1. The van der Waals surface area contributed by atoms with E-state index in [2.05, 4.69) is 20.4 Å². The Morgan fingerprint density at radius 3 is 2.71 bits per heavy atom. The van der Waals surface area contributed by atoms with Crippen LogP contribution in [0.15, 0.2) is 28.9 Å². The van der Waals surface area contributed by atoms with Crippen LogP contribution in [0.4, 0.5) is 11.6 Å². The minimum absolute atomic E-state index is 0.265. The second kappa shape index (κ2) is 8.52. The van der Waals surface area contributed by atoms with Crippen LogP contribution in [-0.4, -0.2) is 41.2 Å². The molecule has 1 amide bonds. The summed E-state index contributed by atoms with van der Waals surface area (Å²) in [5, 5.41) is 15.1. The summed E-state index contributed by atoms with van der Waals surface area (Å²) >= 11 is 0. The van der Waals surface area contributed by atoms with Gasteiger partial charge in [0.05, 0.1) is 11.5 Å². The Labute approximate surface area is 162 Å². The Morgan fingerprint density at radius 2 is 2.14 bits per heavy atom. The number of nitrogens with one attached hydrogen (secondary N) is 1. The molecule has 9 heteroatoms. The van der Waals surface area contributed by atoms with Crippen LogP contribution in [-0.2, 0) is 14.3 Å². The molecule has 2 aromatic heterocycles. The van der Waals surface area contributed by atoms with Gasteiger partial charge in [0, 0.05) is 25.4 Å². The van der Waals surface area contributed by atoms with E-state index in [1.54, 1.807) is 25.1 Å². The fourth-order valence-electron chi connectivity index (χ4n) is 2.96. The van der Waals surface area contributed by atoms with Gasteiger partial charge in [-0.2, -0.15) is 5.26 Å². The molecule has 1 unspecified atom stereocenters. The van der Waals surface area contributed by atoms with Gasteiger partial charge in [0.1, 0.15) is 17.6 Å². The smallest absolute Gasteiger partial charge is 0.309 e. The molecule has 1 N–H and O–H groups in total. The van der Waals surface area contributed by atoms with Gasteiger partial charge < -0.3 is 19.5 Å². The number of carbonyl (C=O) groups is 2. The maximum absolute atomic E-state index is 12.4. The SMILES string of the molecule is Cc1cc(NC(=O)C(C)OC(=O)C2CCN(c3ccc(C#N)cn3)CC2)no1. The monoisotopic (exact) mass is 383 g/mol.